The Labute approximate surface area is 111 Å². The summed E-state index contributed by atoms with van der Waals surface area (Å²) in [5.74, 6) is -2.51. The SMILES string of the molecule is COCC(C)CC(=O)N[C@H](CCCC(=O)O)C(=O)O. The van der Waals surface area contributed by atoms with E-state index in [1.54, 1.807) is 0 Å². The second-order valence-corrected chi connectivity index (χ2v) is 4.51. The van der Waals surface area contributed by atoms with Crippen LogP contribution in [0.3, 0.4) is 0 Å². The summed E-state index contributed by atoms with van der Waals surface area (Å²) in [6, 6.07) is -1.04. The number of carbonyl (C=O) groups is 3. The number of hydrogen-bond acceptors (Lipinski definition) is 4. The van der Waals surface area contributed by atoms with Crippen LogP contribution >= 0.6 is 0 Å². The molecule has 1 unspecified atom stereocenters. The van der Waals surface area contributed by atoms with Crippen LogP contribution in [0.2, 0.25) is 0 Å². The van der Waals surface area contributed by atoms with Crippen LogP contribution in [-0.4, -0.2) is 47.8 Å². The Morgan fingerprint density at radius 1 is 1.26 bits per heavy atom. The van der Waals surface area contributed by atoms with Crippen LogP contribution in [0.4, 0.5) is 0 Å². The van der Waals surface area contributed by atoms with E-state index in [0.29, 0.717) is 6.61 Å². The number of carboxylic acids is 2. The van der Waals surface area contributed by atoms with E-state index in [2.05, 4.69) is 5.32 Å². The van der Waals surface area contributed by atoms with Crippen LogP contribution < -0.4 is 5.32 Å². The summed E-state index contributed by atoms with van der Waals surface area (Å²) in [7, 11) is 1.53. The lowest BCUT2D eigenvalue weighted by molar-refractivity contribution is -0.142. The molecule has 0 aromatic carbocycles. The van der Waals surface area contributed by atoms with Gasteiger partial charge in [-0.15, -0.1) is 0 Å². The second kappa shape index (κ2) is 9.32. The molecule has 1 amide bonds. The number of methoxy groups -OCH3 is 1. The average Bonchev–Trinajstić information content (AvgIpc) is 2.27. The van der Waals surface area contributed by atoms with Crippen molar-refractivity contribution in [1.29, 1.82) is 0 Å². The van der Waals surface area contributed by atoms with Crippen LogP contribution in [0.15, 0.2) is 0 Å². The Hall–Kier alpha value is -1.63. The molecule has 0 radical (unpaired) electrons. The minimum atomic E-state index is -1.15. The molecule has 2 atom stereocenters. The fraction of sp³-hybridized carbons (Fsp3) is 0.750. The smallest absolute Gasteiger partial charge is 0.326 e. The van der Waals surface area contributed by atoms with Crippen LogP contribution in [0, 0.1) is 5.92 Å². The van der Waals surface area contributed by atoms with E-state index in [1.807, 2.05) is 6.92 Å². The van der Waals surface area contributed by atoms with Gasteiger partial charge in [0.1, 0.15) is 6.04 Å². The average molecular weight is 275 g/mol. The van der Waals surface area contributed by atoms with Crippen molar-refractivity contribution in [2.75, 3.05) is 13.7 Å². The summed E-state index contributed by atoms with van der Waals surface area (Å²) in [4.78, 5) is 32.9. The van der Waals surface area contributed by atoms with E-state index in [1.165, 1.54) is 7.11 Å². The van der Waals surface area contributed by atoms with Crippen molar-refractivity contribution in [3.05, 3.63) is 0 Å². The monoisotopic (exact) mass is 275 g/mol. The molecule has 0 saturated carbocycles. The van der Waals surface area contributed by atoms with E-state index < -0.39 is 18.0 Å². The number of nitrogens with one attached hydrogen (secondary N) is 1. The third-order valence-electron chi connectivity index (χ3n) is 2.50. The zero-order chi connectivity index (χ0) is 14.8. The third kappa shape index (κ3) is 9.01. The number of hydrogen-bond donors (Lipinski definition) is 3. The quantitative estimate of drug-likeness (QED) is 0.534. The molecule has 0 bridgehead atoms. The predicted octanol–water partition coefficient (Wildman–Crippen LogP) is 0.483. The number of carboxylic acid groups (broad SMARTS) is 2. The maximum Gasteiger partial charge on any atom is 0.326 e. The van der Waals surface area contributed by atoms with Crippen LogP contribution in [0.5, 0.6) is 0 Å². The Kier molecular flexibility index (Phi) is 8.52. The molecule has 0 aliphatic rings. The van der Waals surface area contributed by atoms with Crippen molar-refractivity contribution in [3.8, 4) is 0 Å². The fourth-order valence-corrected chi connectivity index (χ4v) is 1.63. The largest absolute Gasteiger partial charge is 0.481 e. The maximum atomic E-state index is 11.6. The van der Waals surface area contributed by atoms with E-state index in [9.17, 15) is 14.4 Å². The topological polar surface area (TPSA) is 113 Å². The molecular weight excluding hydrogens is 254 g/mol. The van der Waals surface area contributed by atoms with Crippen molar-refractivity contribution < 1.29 is 29.3 Å². The van der Waals surface area contributed by atoms with Gasteiger partial charge in [-0.3, -0.25) is 9.59 Å². The van der Waals surface area contributed by atoms with Gasteiger partial charge in [-0.2, -0.15) is 0 Å². The summed E-state index contributed by atoms with van der Waals surface area (Å²) in [6.07, 6.45) is 0.377. The molecule has 0 fully saturated rings. The normalized spacial score (nSPS) is 13.6. The first-order valence-corrected chi connectivity index (χ1v) is 6.09. The van der Waals surface area contributed by atoms with Crippen LogP contribution in [0.25, 0.3) is 0 Å². The first-order valence-electron chi connectivity index (χ1n) is 6.09. The minimum absolute atomic E-state index is 0.00142. The summed E-state index contributed by atoms with van der Waals surface area (Å²) < 4.78 is 4.89. The number of aliphatic carboxylic acids is 2. The van der Waals surface area contributed by atoms with Gasteiger partial charge in [0, 0.05) is 26.6 Å². The van der Waals surface area contributed by atoms with E-state index >= 15 is 0 Å². The van der Waals surface area contributed by atoms with E-state index in [0.717, 1.165) is 0 Å². The molecule has 7 heteroatoms. The highest BCUT2D eigenvalue weighted by Gasteiger charge is 2.20. The van der Waals surface area contributed by atoms with Crippen LogP contribution in [-0.2, 0) is 19.1 Å². The fourth-order valence-electron chi connectivity index (χ4n) is 1.63. The van der Waals surface area contributed by atoms with Crippen molar-refractivity contribution in [1.82, 2.24) is 5.32 Å². The second-order valence-electron chi connectivity index (χ2n) is 4.51. The Balaban J connectivity index is 4.15. The molecule has 0 aliphatic carbocycles. The van der Waals surface area contributed by atoms with Gasteiger partial charge in [0.15, 0.2) is 0 Å². The van der Waals surface area contributed by atoms with Crippen molar-refractivity contribution in [2.45, 2.75) is 38.6 Å². The molecule has 110 valence electrons. The van der Waals surface area contributed by atoms with Crippen molar-refractivity contribution >= 4 is 17.8 Å². The van der Waals surface area contributed by atoms with Gasteiger partial charge in [0.2, 0.25) is 5.91 Å². The maximum absolute atomic E-state index is 11.6. The molecule has 7 nitrogen and oxygen atoms in total. The highest BCUT2D eigenvalue weighted by Crippen LogP contribution is 2.05. The Bertz CT molecular complexity index is 317. The highest BCUT2D eigenvalue weighted by molar-refractivity contribution is 5.83. The first kappa shape index (κ1) is 17.4. The number of rotatable bonds is 10. The molecule has 0 saturated heterocycles. The van der Waals surface area contributed by atoms with Gasteiger partial charge < -0.3 is 20.3 Å². The molecule has 0 heterocycles. The first-order chi connectivity index (χ1) is 8.86. The molecule has 0 aromatic rings. The van der Waals surface area contributed by atoms with E-state index in [4.69, 9.17) is 14.9 Å². The zero-order valence-corrected chi connectivity index (χ0v) is 11.2. The Morgan fingerprint density at radius 3 is 2.37 bits per heavy atom. The molecule has 3 N–H and O–H groups in total. The lowest BCUT2D eigenvalue weighted by Gasteiger charge is -2.16. The molecule has 0 rings (SSSR count). The number of ether oxygens (including phenoxy) is 1. The number of carbonyl (C=O) groups excluding carboxylic acids is 1. The third-order valence-corrected chi connectivity index (χ3v) is 2.50. The van der Waals surface area contributed by atoms with Gasteiger partial charge >= 0.3 is 11.9 Å². The summed E-state index contributed by atoms with van der Waals surface area (Å²) in [5, 5.41) is 19.8. The molecular formula is C12H21NO6. The molecule has 19 heavy (non-hydrogen) atoms. The van der Waals surface area contributed by atoms with Crippen molar-refractivity contribution in [2.24, 2.45) is 5.92 Å². The molecule has 0 spiro atoms. The zero-order valence-electron chi connectivity index (χ0n) is 11.2. The van der Waals surface area contributed by atoms with Gasteiger partial charge in [0.05, 0.1) is 0 Å². The number of amides is 1. The lowest BCUT2D eigenvalue weighted by atomic mass is 10.1. The highest BCUT2D eigenvalue weighted by atomic mass is 16.5. The summed E-state index contributed by atoms with van der Waals surface area (Å²) in [5.41, 5.74) is 0. The lowest BCUT2D eigenvalue weighted by Crippen LogP contribution is -2.41. The van der Waals surface area contributed by atoms with Gasteiger partial charge in [-0.1, -0.05) is 6.92 Å². The standard InChI is InChI=1S/C12H21NO6/c1-8(7-19-2)6-10(14)13-9(12(17)18)4-3-5-11(15)16/h8-9H,3-7H2,1-2H3,(H,13,14)(H,15,16)(H,17,18)/t8?,9-/m1/s1. The van der Waals surface area contributed by atoms with Crippen molar-refractivity contribution in [3.63, 3.8) is 0 Å². The van der Waals surface area contributed by atoms with Gasteiger partial charge in [0.25, 0.3) is 0 Å². The summed E-state index contributed by atoms with van der Waals surface area (Å²) in [6.45, 7) is 2.24. The van der Waals surface area contributed by atoms with E-state index in [-0.39, 0.29) is 37.5 Å². The van der Waals surface area contributed by atoms with Crippen LogP contribution in [0.1, 0.15) is 32.6 Å². The van der Waals surface area contributed by atoms with Gasteiger partial charge in [-0.25, -0.2) is 4.79 Å². The predicted molar refractivity (Wildman–Crippen MR) is 66.7 cm³/mol. The minimum Gasteiger partial charge on any atom is -0.481 e. The molecule has 0 aromatic heterocycles. The summed E-state index contributed by atoms with van der Waals surface area (Å²) >= 11 is 0. The van der Waals surface area contributed by atoms with Gasteiger partial charge in [-0.05, 0) is 18.8 Å². The Morgan fingerprint density at radius 2 is 1.89 bits per heavy atom. The molecule has 0 aliphatic heterocycles.